The third-order valence-electron chi connectivity index (χ3n) is 4.55. The molecule has 0 aromatic carbocycles. The summed E-state index contributed by atoms with van der Waals surface area (Å²) in [6, 6.07) is 2.02. The number of piperidine rings is 1. The summed E-state index contributed by atoms with van der Waals surface area (Å²) >= 11 is 2.69. The lowest BCUT2D eigenvalue weighted by atomic mass is 9.98. The van der Waals surface area contributed by atoms with Gasteiger partial charge in [0, 0.05) is 30.8 Å². The van der Waals surface area contributed by atoms with Crippen molar-refractivity contribution in [2.24, 2.45) is 0 Å². The van der Waals surface area contributed by atoms with Crippen LogP contribution in [0.5, 0.6) is 0 Å². The van der Waals surface area contributed by atoms with Crippen LogP contribution in [0.15, 0.2) is 16.8 Å². The molecule has 4 rings (SSSR count). The van der Waals surface area contributed by atoms with Gasteiger partial charge in [-0.15, -0.1) is 22.7 Å². The van der Waals surface area contributed by atoms with Crippen LogP contribution in [0.4, 0.5) is 19.0 Å². The monoisotopic (exact) mass is 398 g/mol. The van der Waals surface area contributed by atoms with Gasteiger partial charge >= 0.3 is 6.18 Å². The highest BCUT2D eigenvalue weighted by atomic mass is 32.1. The van der Waals surface area contributed by atoms with E-state index in [2.05, 4.69) is 14.9 Å². The highest BCUT2D eigenvalue weighted by Gasteiger charge is 2.35. The third kappa shape index (κ3) is 3.29. The first-order valence-electron chi connectivity index (χ1n) is 8.47. The lowest BCUT2D eigenvalue weighted by Gasteiger charge is -2.33. The fraction of sp³-hybridized carbons (Fsp3) is 0.471. The van der Waals surface area contributed by atoms with E-state index in [1.807, 2.05) is 18.4 Å². The van der Waals surface area contributed by atoms with Crippen LogP contribution in [-0.4, -0.2) is 28.0 Å². The lowest BCUT2D eigenvalue weighted by molar-refractivity contribution is -0.140. The van der Waals surface area contributed by atoms with Crippen LogP contribution in [-0.2, 0) is 12.6 Å². The molecular weight excluding hydrogens is 381 g/mol. The standard InChI is InChI=1S/C17H17F3N4S2/c1-2-13-22-14(11-5-7-25-16(11)23-13)24-6-3-4-10(8-24)15-21-12(9-26-15)17(18,19)20/h5,7,9-10H,2-4,6,8H2,1H3. The Labute approximate surface area is 156 Å². The van der Waals surface area contributed by atoms with E-state index in [0.29, 0.717) is 11.6 Å². The van der Waals surface area contributed by atoms with E-state index in [1.165, 1.54) is 0 Å². The quantitative estimate of drug-likeness (QED) is 0.615. The molecule has 0 saturated carbocycles. The number of alkyl halides is 3. The fourth-order valence-electron chi connectivity index (χ4n) is 3.26. The number of rotatable bonds is 3. The molecule has 1 fully saturated rings. The van der Waals surface area contributed by atoms with E-state index < -0.39 is 11.9 Å². The van der Waals surface area contributed by atoms with Crippen LogP contribution in [0.25, 0.3) is 10.2 Å². The molecule has 9 heteroatoms. The Balaban J connectivity index is 1.63. The second-order valence-corrected chi connectivity index (χ2v) is 8.09. The lowest BCUT2D eigenvalue weighted by Crippen LogP contribution is -2.35. The molecule has 1 unspecified atom stereocenters. The molecule has 3 aromatic heterocycles. The Morgan fingerprint density at radius 3 is 2.81 bits per heavy atom. The van der Waals surface area contributed by atoms with E-state index >= 15 is 0 Å². The van der Waals surface area contributed by atoms with E-state index in [1.54, 1.807) is 11.3 Å². The van der Waals surface area contributed by atoms with Crippen molar-refractivity contribution in [3.8, 4) is 0 Å². The van der Waals surface area contributed by atoms with E-state index in [0.717, 1.165) is 64.4 Å². The van der Waals surface area contributed by atoms with Gasteiger partial charge in [-0.1, -0.05) is 6.92 Å². The van der Waals surface area contributed by atoms with Gasteiger partial charge in [0.2, 0.25) is 0 Å². The number of hydrogen-bond donors (Lipinski definition) is 0. The summed E-state index contributed by atoms with van der Waals surface area (Å²) in [4.78, 5) is 16.3. The molecule has 0 spiro atoms. The van der Waals surface area contributed by atoms with Gasteiger partial charge in [-0.05, 0) is 24.3 Å². The summed E-state index contributed by atoms with van der Waals surface area (Å²) in [5.74, 6) is 1.69. The van der Waals surface area contributed by atoms with E-state index in [9.17, 15) is 13.2 Å². The first-order chi connectivity index (χ1) is 12.5. The SMILES string of the molecule is CCc1nc(N2CCCC(c3nc(C(F)(F)F)cs3)C2)c2ccsc2n1. The number of fused-ring (bicyclic) bond motifs is 1. The number of aryl methyl sites for hydroxylation is 1. The molecule has 0 bridgehead atoms. The number of thiazole rings is 1. The normalized spacial score (nSPS) is 18.6. The van der Waals surface area contributed by atoms with Crippen LogP contribution >= 0.6 is 22.7 Å². The zero-order chi connectivity index (χ0) is 18.3. The molecule has 26 heavy (non-hydrogen) atoms. The number of halogens is 3. The Hall–Kier alpha value is -1.74. The Bertz CT molecular complexity index is 918. The van der Waals surface area contributed by atoms with Crippen molar-refractivity contribution in [1.82, 2.24) is 15.0 Å². The van der Waals surface area contributed by atoms with E-state index in [-0.39, 0.29) is 5.92 Å². The maximum absolute atomic E-state index is 12.9. The zero-order valence-electron chi connectivity index (χ0n) is 14.1. The fourth-order valence-corrected chi connectivity index (χ4v) is 4.99. The van der Waals surface area contributed by atoms with Crippen LogP contribution in [0, 0.1) is 0 Å². The average Bonchev–Trinajstić information content (AvgIpc) is 3.29. The van der Waals surface area contributed by atoms with Crippen molar-refractivity contribution in [3.05, 3.63) is 33.4 Å². The minimum atomic E-state index is -4.38. The first kappa shape index (κ1) is 17.7. The molecule has 138 valence electrons. The number of aromatic nitrogens is 3. The van der Waals surface area contributed by atoms with Gasteiger partial charge in [0.25, 0.3) is 0 Å². The van der Waals surface area contributed by atoms with Gasteiger partial charge in [0.1, 0.15) is 16.5 Å². The molecule has 4 nitrogen and oxygen atoms in total. The van der Waals surface area contributed by atoms with Gasteiger partial charge in [-0.25, -0.2) is 15.0 Å². The number of nitrogens with zero attached hydrogens (tertiary/aromatic N) is 4. The molecule has 1 atom stereocenters. The topological polar surface area (TPSA) is 41.9 Å². The van der Waals surface area contributed by atoms with E-state index in [4.69, 9.17) is 4.98 Å². The van der Waals surface area contributed by atoms with Crippen molar-refractivity contribution in [3.63, 3.8) is 0 Å². The summed E-state index contributed by atoms with van der Waals surface area (Å²) in [7, 11) is 0. The highest BCUT2D eigenvalue weighted by molar-refractivity contribution is 7.16. The summed E-state index contributed by atoms with van der Waals surface area (Å²) in [6.07, 6.45) is -1.88. The second kappa shape index (κ2) is 6.77. The minimum Gasteiger partial charge on any atom is -0.355 e. The largest absolute Gasteiger partial charge is 0.434 e. The maximum atomic E-state index is 12.9. The molecule has 1 aliphatic rings. The average molecular weight is 398 g/mol. The predicted octanol–water partition coefficient (Wildman–Crippen LogP) is 5.11. The summed E-state index contributed by atoms with van der Waals surface area (Å²) in [5, 5.41) is 4.70. The molecule has 0 aliphatic carbocycles. The van der Waals surface area contributed by atoms with Crippen LogP contribution < -0.4 is 4.90 Å². The molecule has 0 N–H and O–H groups in total. The van der Waals surface area contributed by atoms with Gasteiger partial charge in [0.05, 0.1) is 10.4 Å². The van der Waals surface area contributed by atoms with Gasteiger partial charge < -0.3 is 4.90 Å². The first-order valence-corrected chi connectivity index (χ1v) is 10.2. The van der Waals surface area contributed by atoms with Gasteiger partial charge in [0.15, 0.2) is 5.69 Å². The predicted molar refractivity (Wildman–Crippen MR) is 98.1 cm³/mol. The summed E-state index contributed by atoms with van der Waals surface area (Å²) in [5.41, 5.74) is -0.787. The van der Waals surface area contributed by atoms with Crippen molar-refractivity contribution in [2.75, 3.05) is 18.0 Å². The van der Waals surface area contributed by atoms with Gasteiger partial charge in [-0.3, -0.25) is 0 Å². The molecule has 0 amide bonds. The Morgan fingerprint density at radius 1 is 1.23 bits per heavy atom. The molecule has 1 aliphatic heterocycles. The molecule has 1 saturated heterocycles. The third-order valence-corrected chi connectivity index (χ3v) is 6.36. The Kier molecular flexibility index (Phi) is 4.60. The molecule has 0 radical (unpaired) electrons. The second-order valence-electron chi connectivity index (χ2n) is 6.31. The van der Waals surface area contributed by atoms with Crippen LogP contribution in [0.3, 0.4) is 0 Å². The smallest absolute Gasteiger partial charge is 0.355 e. The summed E-state index contributed by atoms with van der Waals surface area (Å²) < 4.78 is 38.6. The van der Waals surface area contributed by atoms with Crippen molar-refractivity contribution < 1.29 is 13.2 Å². The summed E-state index contributed by atoms with van der Waals surface area (Å²) in [6.45, 7) is 3.50. The van der Waals surface area contributed by atoms with Crippen LogP contribution in [0.1, 0.15) is 42.2 Å². The zero-order valence-corrected chi connectivity index (χ0v) is 15.7. The van der Waals surface area contributed by atoms with Crippen molar-refractivity contribution >= 4 is 38.7 Å². The molecule has 3 aromatic rings. The highest BCUT2D eigenvalue weighted by Crippen LogP contribution is 2.37. The Morgan fingerprint density at radius 2 is 2.08 bits per heavy atom. The molecular formula is C17H17F3N4S2. The number of anilines is 1. The maximum Gasteiger partial charge on any atom is 0.434 e. The van der Waals surface area contributed by atoms with Crippen molar-refractivity contribution in [1.29, 1.82) is 0 Å². The minimum absolute atomic E-state index is 0.00132. The van der Waals surface area contributed by atoms with Crippen molar-refractivity contribution in [2.45, 2.75) is 38.3 Å². The molecule has 4 heterocycles. The van der Waals surface area contributed by atoms with Crippen LogP contribution in [0.2, 0.25) is 0 Å². The number of hydrogen-bond acceptors (Lipinski definition) is 6. The van der Waals surface area contributed by atoms with Gasteiger partial charge in [-0.2, -0.15) is 13.2 Å². The number of thiophene rings is 1.